The number of likely N-dealkylation sites (tertiary alicyclic amines) is 1. The number of nitrogens with one attached hydrogen (secondary N) is 1. The zero-order chi connectivity index (χ0) is 26.3. The summed E-state index contributed by atoms with van der Waals surface area (Å²) in [5.74, 6) is -0.391. The van der Waals surface area contributed by atoms with Crippen molar-refractivity contribution in [1.82, 2.24) is 4.90 Å². The second kappa shape index (κ2) is 10.7. The second-order valence-corrected chi connectivity index (χ2v) is 12.0. The summed E-state index contributed by atoms with van der Waals surface area (Å²) in [7, 11) is 0. The highest BCUT2D eigenvalue weighted by Gasteiger charge is 2.60. The number of benzene rings is 1. The highest BCUT2D eigenvalue weighted by Crippen LogP contribution is 2.61. The number of rotatable bonds is 5. The van der Waals surface area contributed by atoms with E-state index in [0.29, 0.717) is 60.9 Å². The molecule has 4 N–H and O–H groups in total. The van der Waals surface area contributed by atoms with Crippen molar-refractivity contribution in [2.24, 2.45) is 22.7 Å². The molecule has 1 aliphatic heterocycles. The molecule has 36 heavy (non-hydrogen) atoms. The molecular formula is C26H36Cl2N2O6. The number of hydrogen-bond donors (Lipinski definition) is 4. The van der Waals surface area contributed by atoms with Crippen LogP contribution in [0.1, 0.15) is 52.4 Å². The Morgan fingerprint density at radius 3 is 2.53 bits per heavy atom. The minimum Gasteiger partial charge on any atom is -0.445 e. The van der Waals surface area contributed by atoms with Crippen molar-refractivity contribution >= 4 is 40.9 Å². The summed E-state index contributed by atoms with van der Waals surface area (Å²) in [5.41, 5.74) is -0.705. The largest absolute Gasteiger partial charge is 0.445 e. The first kappa shape index (κ1) is 27.5. The van der Waals surface area contributed by atoms with E-state index < -0.39 is 35.2 Å². The van der Waals surface area contributed by atoms with Gasteiger partial charge in [0.05, 0.1) is 28.9 Å². The topological polar surface area (TPSA) is 119 Å². The van der Waals surface area contributed by atoms with Crippen molar-refractivity contribution < 1.29 is 29.6 Å². The minimum atomic E-state index is -0.743. The van der Waals surface area contributed by atoms with E-state index in [4.69, 9.17) is 27.9 Å². The molecule has 4 rings (SSSR count). The van der Waals surface area contributed by atoms with Crippen LogP contribution in [-0.2, 0) is 9.53 Å². The van der Waals surface area contributed by atoms with E-state index in [9.17, 15) is 24.9 Å². The van der Waals surface area contributed by atoms with Gasteiger partial charge in [-0.25, -0.2) is 4.79 Å². The summed E-state index contributed by atoms with van der Waals surface area (Å²) in [6.45, 7) is 4.70. The maximum Gasteiger partial charge on any atom is 0.411 e. The number of carbonyl (C=O) groups excluding carboxylic acids is 2. The average molecular weight is 543 g/mol. The molecule has 1 aromatic carbocycles. The molecule has 200 valence electrons. The number of halogens is 2. The number of aliphatic hydroxyl groups excluding tert-OH is 3. The van der Waals surface area contributed by atoms with Gasteiger partial charge in [0.25, 0.3) is 0 Å². The van der Waals surface area contributed by atoms with E-state index >= 15 is 0 Å². The van der Waals surface area contributed by atoms with Crippen LogP contribution < -0.4 is 5.32 Å². The Kier molecular flexibility index (Phi) is 8.12. The lowest BCUT2D eigenvalue weighted by atomic mass is 9.46. The Balaban J connectivity index is 1.49. The summed E-state index contributed by atoms with van der Waals surface area (Å²) >= 11 is 12.0. The SMILES string of the molecule is C[C@]1(CO)C2CC[C@@H](O)[C@@H](CC(=O)N3CC[C@@H](O)C3)[C@]2(C)CC[C@H]1OC(=O)Nc1ccc(Cl)c(Cl)c1. The molecule has 10 heteroatoms. The van der Waals surface area contributed by atoms with Crippen molar-refractivity contribution in [1.29, 1.82) is 0 Å². The fraction of sp³-hybridized carbons (Fsp3) is 0.692. The fourth-order valence-electron chi connectivity index (χ4n) is 6.92. The number of carbonyl (C=O) groups is 2. The second-order valence-electron chi connectivity index (χ2n) is 11.1. The van der Waals surface area contributed by atoms with Crippen LogP contribution >= 0.6 is 23.2 Å². The van der Waals surface area contributed by atoms with Crippen molar-refractivity contribution in [3.63, 3.8) is 0 Å². The Morgan fingerprint density at radius 1 is 1.14 bits per heavy atom. The standard InChI is InChI=1S/C26H36Cl2N2O6/c1-25-9-7-22(36-24(35)29-15-3-4-18(27)19(28)11-15)26(2,14-31)21(25)6-5-20(33)17(25)12-23(34)30-10-8-16(32)13-30/h3-4,11,16-17,20-22,31-33H,5-10,12-14H2,1-2H3,(H,29,35)/t16-,17-,20-,21?,22-,25+,26+/m1/s1. The third-order valence-electron chi connectivity index (χ3n) is 9.00. The lowest BCUT2D eigenvalue weighted by Crippen LogP contribution is -2.61. The van der Waals surface area contributed by atoms with Gasteiger partial charge in [-0.15, -0.1) is 0 Å². The van der Waals surface area contributed by atoms with Crippen LogP contribution in [-0.4, -0.2) is 70.2 Å². The molecule has 1 heterocycles. The van der Waals surface area contributed by atoms with Crippen LogP contribution in [0, 0.1) is 22.7 Å². The number of aliphatic hydroxyl groups is 3. The van der Waals surface area contributed by atoms with Crippen molar-refractivity contribution in [3.8, 4) is 0 Å². The van der Waals surface area contributed by atoms with E-state index in [1.807, 2.05) is 6.92 Å². The zero-order valence-electron chi connectivity index (χ0n) is 20.8. The Labute approximate surface area is 221 Å². The molecule has 3 fully saturated rings. The van der Waals surface area contributed by atoms with Crippen LogP contribution in [0.3, 0.4) is 0 Å². The van der Waals surface area contributed by atoms with Crippen molar-refractivity contribution in [3.05, 3.63) is 28.2 Å². The molecule has 2 amide bonds. The first-order chi connectivity index (χ1) is 17.0. The third-order valence-corrected chi connectivity index (χ3v) is 9.74. The number of amides is 2. The molecule has 0 aromatic heterocycles. The number of fused-ring (bicyclic) bond motifs is 1. The van der Waals surface area contributed by atoms with Gasteiger partial charge in [0.1, 0.15) is 6.10 Å². The van der Waals surface area contributed by atoms with Gasteiger partial charge < -0.3 is 25.0 Å². The number of β-amino-alcohol motifs (C(OH)–C–C–N with tert-alkyl or cyclic N) is 1. The molecule has 2 saturated carbocycles. The zero-order valence-corrected chi connectivity index (χ0v) is 22.3. The van der Waals surface area contributed by atoms with Gasteiger partial charge in [0, 0.05) is 30.6 Å². The molecule has 0 spiro atoms. The van der Waals surface area contributed by atoms with Crippen LogP contribution in [0.4, 0.5) is 10.5 Å². The molecule has 1 aromatic rings. The first-order valence-electron chi connectivity index (χ1n) is 12.7. The highest BCUT2D eigenvalue weighted by molar-refractivity contribution is 6.42. The lowest BCUT2D eigenvalue weighted by molar-refractivity contribution is -0.186. The predicted octanol–water partition coefficient (Wildman–Crippen LogP) is 4.08. The molecule has 0 bridgehead atoms. The molecule has 3 aliphatic rings. The summed E-state index contributed by atoms with van der Waals surface area (Å²) in [5, 5.41) is 34.8. The molecule has 2 aliphatic carbocycles. The van der Waals surface area contributed by atoms with E-state index in [2.05, 4.69) is 12.2 Å². The van der Waals surface area contributed by atoms with Crippen LogP contribution in [0.15, 0.2) is 18.2 Å². The number of ether oxygens (including phenoxy) is 1. The summed E-state index contributed by atoms with van der Waals surface area (Å²) in [6.07, 6.45) is 0.801. The average Bonchev–Trinajstić information content (AvgIpc) is 3.27. The number of hydrogen-bond acceptors (Lipinski definition) is 6. The highest BCUT2D eigenvalue weighted by atomic mass is 35.5. The Bertz CT molecular complexity index is 995. The molecule has 7 atom stereocenters. The predicted molar refractivity (Wildman–Crippen MR) is 137 cm³/mol. The molecular weight excluding hydrogens is 507 g/mol. The van der Waals surface area contributed by atoms with Crippen LogP contribution in [0.2, 0.25) is 10.0 Å². The van der Waals surface area contributed by atoms with E-state index in [1.54, 1.807) is 17.0 Å². The van der Waals surface area contributed by atoms with E-state index in [0.717, 1.165) is 0 Å². The molecule has 1 unspecified atom stereocenters. The molecule has 8 nitrogen and oxygen atoms in total. The molecule has 1 saturated heterocycles. The Morgan fingerprint density at radius 2 is 1.89 bits per heavy atom. The van der Waals surface area contributed by atoms with Crippen molar-refractivity contribution in [2.45, 2.75) is 70.7 Å². The van der Waals surface area contributed by atoms with E-state index in [1.165, 1.54) is 6.07 Å². The summed E-state index contributed by atoms with van der Waals surface area (Å²) < 4.78 is 5.85. The summed E-state index contributed by atoms with van der Waals surface area (Å²) in [4.78, 5) is 27.5. The summed E-state index contributed by atoms with van der Waals surface area (Å²) in [6, 6.07) is 4.75. The van der Waals surface area contributed by atoms with Gasteiger partial charge in [-0.2, -0.15) is 0 Å². The van der Waals surface area contributed by atoms with Gasteiger partial charge in [0.15, 0.2) is 0 Å². The number of anilines is 1. The monoisotopic (exact) mass is 542 g/mol. The number of nitrogens with zero attached hydrogens (tertiary/aromatic N) is 1. The van der Waals surface area contributed by atoms with Gasteiger partial charge in [0.2, 0.25) is 5.91 Å². The quantitative estimate of drug-likeness (QED) is 0.445. The normalized spacial score (nSPS) is 36.3. The van der Waals surface area contributed by atoms with Gasteiger partial charge >= 0.3 is 6.09 Å². The molecule has 0 radical (unpaired) electrons. The lowest BCUT2D eigenvalue weighted by Gasteiger charge is -2.60. The van der Waals surface area contributed by atoms with E-state index in [-0.39, 0.29) is 30.8 Å². The maximum absolute atomic E-state index is 13.0. The maximum atomic E-state index is 13.0. The Hall–Kier alpha value is -1.58. The van der Waals surface area contributed by atoms with Gasteiger partial charge in [-0.05, 0) is 67.6 Å². The van der Waals surface area contributed by atoms with Gasteiger partial charge in [-0.1, -0.05) is 37.0 Å². The fourth-order valence-corrected chi connectivity index (χ4v) is 7.21. The van der Waals surface area contributed by atoms with Crippen LogP contribution in [0.25, 0.3) is 0 Å². The van der Waals surface area contributed by atoms with Crippen LogP contribution in [0.5, 0.6) is 0 Å². The third kappa shape index (κ3) is 5.20. The minimum absolute atomic E-state index is 0.0532. The first-order valence-corrected chi connectivity index (χ1v) is 13.4. The van der Waals surface area contributed by atoms with Gasteiger partial charge in [-0.3, -0.25) is 10.1 Å². The van der Waals surface area contributed by atoms with Crippen molar-refractivity contribution in [2.75, 3.05) is 25.0 Å². The smallest absolute Gasteiger partial charge is 0.411 e.